The third-order valence-electron chi connectivity index (χ3n) is 4.06. The maximum atomic E-state index is 14.2. The summed E-state index contributed by atoms with van der Waals surface area (Å²) in [7, 11) is -3.95. The van der Waals surface area contributed by atoms with Gasteiger partial charge >= 0.3 is 0 Å². The van der Waals surface area contributed by atoms with E-state index in [9.17, 15) is 22.0 Å². The van der Waals surface area contributed by atoms with Crippen molar-refractivity contribution < 1.29 is 26.7 Å². The summed E-state index contributed by atoms with van der Waals surface area (Å²) >= 11 is 0. The van der Waals surface area contributed by atoms with E-state index in [0.717, 1.165) is 12.3 Å². The van der Waals surface area contributed by atoms with Crippen molar-refractivity contribution >= 4 is 39.1 Å². The Kier molecular flexibility index (Phi) is 6.50. The average Bonchev–Trinajstić information content (AvgIpc) is 2.70. The summed E-state index contributed by atoms with van der Waals surface area (Å²) in [5.41, 5.74) is 5.85. The number of nitrogens with zero attached hydrogens (tertiary/aromatic N) is 2. The monoisotopic (exact) mass is 464 g/mol. The molecule has 0 unspecified atom stereocenters. The van der Waals surface area contributed by atoms with Crippen LogP contribution in [0.1, 0.15) is 5.56 Å². The number of halogens is 2. The molecule has 0 atom stereocenters. The van der Waals surface area contributed by atoms with E-state index in [1.54, 1.807) is 13.0 Å². The van der Waals surface area contributed by atoms with Gasteiger partial charge in [-0.15, -0.1) is 0 Å². The molecule has 0 saturated carbocycles. The highest BCUT2D eigenvalue weighted by molar-refractivity contribution is 7.89. The lowest BCUT2D eigenvalue weighted by molar-refractivity contribution is -0.120. The second-order valence-electron chi connectivity index (χ2n) is 6.57. The fourth-order valence-corrected chi connectivity index (χ4v) is 3.42. The van der Waals surface area contributed by atoms with E-state index in [2.05, 4.69) is 20.6 Å². The number of nitrogens with two attached hydrogens (primary N) is 2. The second kappa shape index (κ2) is 9.11. The number of sulfonamides is 1. The first-order valence-corrected chi connectivity index (χ1v) is 10.5. The molecule has 168 valence electrons. The Morgan fingerprint density at radius 3 is 2.44 bits per heavy atom. The van der Waals surface area contributed by atoms with E-state index in [-0.39, 0.29) is 28.1 Å². The van der Waals surface area contributed by atoms with Gasteiger partial charge in [-0.1, -0.05) is 6.07 Å². The Morgan fingerprint density at radius 2 is 1.78 bits per heavy atom. The van der Waals surface area contributed by atoms with E-state index in [1.807, 2.05) is 0 Å². The molecule has 0 aliphatic carbocycles. The molecule has 0 radical (unpaired) electrons. The number of ether oxygens (including phenoxy) is 1. The molecule has 6 N–H and O–H groups in total. The van der Waals surface area contributed by atoms with Crippen LogP contribution >= 0.6 is 0 Å². The third kappa shape index (κ3) is 5.65. The second-order valence-corrected chi connectivity index (χ2v) is 8.10. The Labute approximate surface area is 181 Å². The van der Waals surface area contributed by atoms with Crippen molar-refractivity contribution in [3.63, 3.8) is 0 Å². The number of anilines is 4. The number of primary sulfonamides is 1. The zero-order valence-electron chi connectivity index (χ0n) is 16.6. The van der Waals surface area contributed by atoms with Crippen LogP contribution in [-0.4, -0.2) is 30.9 Å². The highest BCUT2D eigenvalue weighted by Gasteiger charge is 2.14. The summed E-state index contributed by atoms with van der Waals surface area (Å²) in [5, 5.41) is 10.6. The largest absolute Gasteiger partial charge is 0.481 e. The predicted octanol–water partition coefficient (Wildman–Crippen LogP) is 2.06. The number of benzene rings is 2. The van der Waals surface area contributed by atoms with Gasteiger partial charge in [-0.3, -0.25) is 4.79 Å². The Balaban J connectivity index is 1.81. The highest BCUT2D eigenvalue weighted by Crippen LogP contribution is 2.26. The number of aryl methyl sites for hydroxylation is 1. The number of hydrogen-bond donors (Lipinski definition) is 4. The number of carbonyl (C=O) groups is 1. The minimum Gasteiger partial charge on any atom is -0.481 e. The van der Waals surface area contributed by atoms with Gasteiger partial charge in [0.05, 0.1) is 11.1 Å². The van der Waals surface area contributed by atoms with Gasteiger partial charge in [0.15, 0.2) is 29.8 Å². The lowest BCUT2D eigenvalue weighted by Gasteiger charge is -2.12. The lowest BCUT2D eigenvalue weighted by Crippen LogP contribution is -2.20. The minimum atomic E-state index is -3.95. The molecule has 0 saturated heterocycles. The topological polar surface area (TPSA) is 162 Å². The zero-order valence-corrected chi connectivity index (χ0v) is 17.4. The van der Waals surface area contributed by atoms with E-state index in [4.69, 9.17) is 15.6 Å². The normalized spacial score (nSPS) is 11.1. The molecule has 3 rings (SSSR count). The number of nitrogens with one attached hydrogen (secondary N) is 2. The molecule has 2 aromatic carbocycles. The molecule has 0 bridgehead atoms. The van der Waals surface area contributed by atoms with Crippen molar-refractivity contribution in [2.45, 2.75) is 11.8 Å². The maximum Gasteiger partial charge on any atom is 0.255 e. The number of carbonyl (C=O) groups excluding carboxylic acids is 1. The summed E-state index contributed by atoms with van der Waals surface area (Å²) in [6, 6.07) is 8.04. The standard InChI is InChI=1S/C19H18F2N6O4S/c1-10-2-3-12(7-16(10)32(23,29)30)26-19-24-8-14(21)18(27-19)25-11-4-5-15(13(20)6-11)31-9-17(22)28/h2-8H,9H2,1H3,(H2,22,28)(H2,23,29,30)(H2,24,25,26,27). The van der Waals surface area contributed by atoms with Crippen molar-refractivity contribution in [1.82, 2.24) is 9.97 Å². The molecule has 0 aliphatic heterocycles. The molecule has 32 heavy (non-hydrogen) atoms. The molecule has 10 nitrogen and oxygen atoms in total. The fourth-order valence-electron chi connectivity index (χ4n) is 2.61. The van der Waals surface area contributed by atoms with Crippen molar-refractivity contribution in [3.05, 3.63) is 59.8 Å². The maximum absolute atomic E-state index is 14.2. The number of rotatable bonds is 8. The molecule has 0 aliphatic rings. The molecule has 13 heteroatoms. The van der Waals surface area contributed by atoms with Crippen molar-refractivity contribution in [2.75, 3.05) is 17.2 Å². The minimum absolute atomic E-state index is 0.0555. The molecule has 3 aromatic rings. The summed E-state index contributed by atoms with van der Waals surface area (Å²) in [6.07, 6.45) is 0.882. The molecular formula is C19H18F2N6O4S. The first-order valence-electron chi connectivity index (χ1n) is 8.93. The SMILES string of the molecule is Cc1ccc(Nc2ncc(F)c(Nc3ccc(OCC(N)=O)c(F)c3)n2)cc1S(N)(=O)=O. The van der Waals surface area contributed by atoms with Crippen LogP contribution in [0.15, 0.2) is 47.5 Å². The fraction of sp³-hybridized carbons (Fsp3) is 0.105. The number of hydrogen-bond acceptors (Lipinski definition) is 8. The van der Waals surface area contributed by atoms with E-state index in [1.165, 1.54) is 24.3 Å². The van der Waals surface area contributed by atoms with Gasteiger partial charge in [0.25, 0.3) is 5.91 Å². The number of aromatic nitrogens is 2. The van der Waals surface area contributed by atoms with Crippen LogP contribution < -0.4 is 26.2 Å². The van der Waals surface area contributed by atoms with Gasteiger partial charge < -0.3 is 21.1 Å². The van der Waals surface area contributed by atoms with Crippen LogP contribution in [0.2, 0.25) is 0 Å². The van der Waals surface area contributed by atoms with Crippen LogP contribution in [0.3, 0.4) is 0 Å². The van der Waals surface area contributed by atoms with Crippen LogP contribution in [-0.2, 0) is 14.8 Å². The molecule has 1 amide bonds. The first kappa shape index (κ1) is 22.8. The molecular weight excluding hydrogens is 446 g/mol. The van der Waals surface area contributed by atoms with Gasteiger partial charge in [-0.25, -0.2) is 27.3 Å². The van der Waals surface area contributed by atoms with Gasteiger partial charge in [-0.2, -0.15) is 4.98 Å². The van der Waals surface area contributed by atoms with Crippen molar-refractivity contribution in [3.8, 4) is 5.75 Å². The lowest BCUT2D eigenvalue weighted by atomic mass is 10.2. The summed E-state index contributed by atoms with van der Waals surface area (Å²) in [5.74, 6) is -2.92. The average molecular weight is 464 g/mol. The van der Waals surface area contributed by atoms with Gasteiger partial charge in [-0.05, 0) is 36.8 Å². The van der Waals surface area contributed by atoms with Crippen LogP contribution in [0.5, 0.6) is 5.75 Å². The van der Waals surface area contributed by atoms with Crippen molar-refractivity contribution in [1.29, 1.82) is 0 Å². The van der Waals surface area contributed by atoms with Crippen LogP contribution in [0.25, 0.3) is 0 Å². The molecule has 0 spiro atoms. The smallest absolute Gasteiger partial charge is 0.255 e. The highest BCUT2D eigenvalue weighted by atomic mass is 32.2. The quantitative estimate of drug-likeness (QED) is 0.394. The third-order valence-corrected chi connectivity index (χ3v) is 5.11. The van der Waals surface area contributed by atoms with Crippen LogP contribution in [0.4, 0.5) is 31.9 Å². The summed E-state index contributed by atoms with van der Waals surface area (Å²) in [4.78, 5) is 18.4. The van der Waals surface area contributed by atoms with Gasteiger partial charge in [0, 0.05) is 17.4 Å². The molecule has 1 heterocycles. The molecule has 1 aromatic heterocycles. The van der Waals surface area contributed by atoms with Crippen molar-refractivity contribution in [2.24, 2.45) is 10.9 Å². The van der Waals surface area contributed by atoms with E-state index >= 15 is 0 Å². The number of primary amides is 1. The Morgan fingerprint density at radius 1 is 1.09 bits per heavy atom. The molecule has 0 fully saturated rings. The summed E-state index contributed by atoms with van der Waals surface area (Å²) < 4.78 is 56.6. The van der Waals surface area contributed by atoms with E-state index < -0.39 is 34.2 Å². The first-order chi connectivity index (χ1) is 15.0. The Hall–Kier alpha value is -3.84. The number of amides is 1. The van der Waals surface area contributed by atoms with Gasteiger partial charge in [0.1, 0.15) is 0 Å². The predicted molar refractivity (Wildman–Crippen MR) is 112 cm³/mol. The van der Waals surface area contributed by atoms with E-state index in [0.29, 0.717) is 11.3 Å². The van der Waals surface area contributed by atoms with Gasteiger partial charge in [0.2, 0.25) is 16.0 Å². The van der Waals surface area contributed by atoms with Crippen LogP contribution in [0, 0.1) is 18.6 Å². The Bertz CT molecular complexity index is 1290. The zero-order chi connectivity index (χ0) is 23.5. The summed E-state index contributed by atoms with van der Waals surface area (Å²) in [6.45, 7) is 1.09.